The Balaban J connectivity index is 2.41. The maximum atomic E-state index is 10.4. The molecule has 2 rings (SSSR count). The van der Waals surface area contributed by atoms with Crippen LogP contribution in [0, 0.1) is 6.92 Å². The first-order valence-corrected chi connectivity index (χ1v) is 4.85. The topological polar surface area (TPSA) is 17.1 Å². The van der Waals surface area contributed by atoms with Crippen molar-refractivity contribution < 1.29 is 4.79 Å². The largest absolute Gasteiger partial charge is 0.285 e. The van der Waals surface area contributed by atoms with Gasteiger partial charge in [0.25, 0.3) is 0 Å². The van der Waals surface area contributed by atoms with Crippen molar-refractivity contribution in [1.29, 1.82) is 0 Å². The number of carbonyl (C=O) groups excluding carboxylic acids is 1. The molecular weight excluding hydrogens is 184 g/mol. The van der Waals surface area contributed by atoms with Gasteiger partial charge in [-0.1, -0.05) is 54.1 Å². The van der Waals surface area contributed by atoms with Crippen molar-refractivity contribution in [3.05, 3.63) is 59.7 Å². The van der Waals surface area contributed by atoms with E-state index >= 15 is 0 Å². The van der Waals surface area contributed by atoms with Gasteiger partial charge in [-0.25, -0.2) is 0 Å². The highest BCUT2D eigenvalue weighted by Crippen LogP contribution is 2.20. The van der Waals surface area contributed by atoms with Crippen LogP contribution in [0.2, 0.25) is 0 Å². The van der Waals surface area contributed by atoms with Crippen LogP contribution in [0.25, 0.3) is 11.1 Å². The summed E-state index contributed by atoms with van der Waals surface area (Å²) in [6, 6.07) is 15.7. The summed E-state index contributed by atoms with van der Waals surface area (Å²) in [7, 11) is 0. The Kier molecular flexibility index (Phi) is 2.64. The molecule has 2 aromatic carbocycles. The SMILES string of the molecule is Cc1cccc(-c2ccc([C]=O)cc2)c1. The maximum Gasteiger partial charge on any atom is 0.233 e. The number of hydrogen-bond donors (Lipinski definition) is 0. The lowest BCUT2D eigenvalue weighted by atomic mass is 10.0. The molecular formula is C14H11O. The molecule has 15 heavy (non-hydrogen) atoms. The molecule has 0 fully saturated rings. The van der Waals surface area contributed by atoms with Gasteiger partial charge in [0.2, 0.25) is 6.29 Å². The Labute approximate surface area is 89.4 Å². The average molecular weight is 195 g/mol. The molecule has 0 saturated heterocycles. The van der Waals surface area contributed by atoms with Crippen LogP contribution in [0.1, 0.15) is 11.1 Å². The second kappa shape index (κ2) is 4.09. The number of hydrogen-bond acceptors (Lipinski definition) is 1. The minimum absolute atomic E-state index is 0.589. The summed E-state index contributed by atoms with van der Waals surface area (Å²) in [5.41, 5.74) is 4.12. The third-order valence-corrected chi connectivity index (χ3v) is 2.35. The lowest BCUT2D eigenvalue weighted by molar-refractivity contribution is 0.563. The monoisotopic (exact) mass is 195 g/mol. The summed E-state index contributed by atoms with van der Waals surface area (Å²) in [5.74, 6) is 0. The molecule has 0 aliphatic carbocycles. The zero-order valence-electron chi connectivity index (χ0n) is 8.53. The average Bonchev–Trinajstić information content (AvgIpc) is 2.29. The molecule has 0 aliphatic rings. The van der Waals surface area contributed by atoms with Gasteiger partial charge in [-0.15, -0.1) is 0 Å². The standard InChI is InChI=1S/C14H11O/c1-11-3-2-4-14(9-11)13-7-5-12(10-15)6-8-13/h2-9H,1H3. The molecule has 2 aromatic rings. The molecule has 0 heterocycles. The first-order chi connectivity index (χ1) is 7.29. The van der Waals surface area contributed by atoms with Gasteiger partial charge in [-0.3, -0.25) is 4.79 Å². The molecule has 0 aromatic heterocycles. The molecule has 0 saturated carbocycles. The van der Waals surface area contributed by atoms with Crippen LogP contribution in [-0.4, -0.2) is 6.29 Å². The first kappa shape index (κ1) is 9.66. The van der Waals surface area contributed by atoms with Crippen LogP contribution >= 0.6 is 0 Å². The minimum atomic E-state index is 0.589. The number of benzene rings is 2. The Hall–Kier alpha value is -1.89. The summed E-state index contributed by atoms with van der Waals surface area (Å²) in [6.45, 7) is 2.07. The summed E-state index contributed by atoms with van der Waals surface area (Å²) in [6.07, 6.45) is 1.87. The van der Waals surface area contributed by atoms with Gasteiger partial charge >= 0.3 is 0 Å². The van der Waals surface area contributed by atoms with Gasteiger partial charge in [0, 0.05) is 5.56 Å². The van der Waals surface area contributed by atoms with Gasteiger partial charge in [0.15, 0.2) is 0 Å². The van der Waals surface area contributed by atoms with E-state index in [0.717, 1.165) is 5.56 Å². The van der Waals surface area contributed by atoms with Gasteiger partial charge in [-0.05, 0) is 18.1 Å². The van der Waals surface area contributed by atoms with Crippen LogP contribution in [0.15, 0.2) is 48.5 Å². The third kappa shape index (κ3) is 2.13. The lowest BCUT2D eigenvalue weighted by Crippen LogP contribution is -1.82. The van der Waals surface area contributed by atoms with Crippen LogP contribution in [-0.2, 0) is 4.79 Å². The molecule has 1 heteroatoms. The van der Waals surface area contributed by atoms with E-state index in [2.05, 4.69) is 25.1 Å². The summed E-state index contributed by atoms with van der Waals surface area (Å²) in [5, 5.41) is 0. The highest BCUT2D eigenvalue weighted by atomic mass is 16.1. The second-order valence-electron chi connectivity index (χ2n) is 3.55. The smallest absolute Gasteiger partial charge is 0.233 e. The summed E-state index contributed by atoms with van der Waals surface area (Å²) < 4.78 is 0. The highest BCUT2D eigenvalue weighted by Gasteiger charge is 1.97. The van der Waals surface area contributed by atoms with Crippen molar-refractivity contribution in [2.45, 2.75) is 6.92 Å². The third-order valence-electron chi connectivity index (χ3n) is 2.35. The Morgan fingerprint density at radius 3 is 2.27 bits per heavy atom. The normalized spacial score (nSPS) is 9.93. The van der Waals surface area contributed by atoms with E-state index in [0.29, 0.717) is 5.56 Å². The van der Waals surface area contributed by atoms with Crippen molar-refractivity contribution in [3.8, 4) is 11.1 Å². The molecule has 1 nitrogen and oxygen atoms in total. The summed E-state index contributed by atoms with van der Waals surface area (Å²) in [4.78, 5) is 10.4. The number of aryl methyl sites for hydroxylation is 1. The molecule has 0 bridgehead atoms. The first-order valence-electron chi connectivity index (χ1n) is 4.85. The minimum Gasteiger partial charge on any atom is -0.285 e. The van der Waals surface area contributed by atoms with Crippen molar-refractivity contribution in [2.24, 2.45) is 0 Å². The van der Waals surface area contributed by atoms with Crippen LogP contribution in [0.4, 0.5) is 0 Å². The van der Waals surface area contributed by atoms with Gasteiger partial charge in [0.05, 0.1) is 0 Å². The predicted octanol–water partition coefficient (Wildman–Crippen LogP) is 3.12. The van der Waals surface area contributed by atoms with Crippen LogP contribution in [0.3, 0.4) is 0 Å². The van der Waals surface area contributed by atoms with Gasteiger partial charge in [-0.2, -0.15) is 0 Å². The highest BCUT2D eigenvalue weighted by molar-refractivity contribution is 5.77. The van der Waals surface area contributed by atoms with Crippen molar-refractivity contribution in [3.63, 3.8) is 0 Å². The quantitative estimate of drug-likeness (QED) is 0.719. The number of rotatable bonds is 2. The van der Waals surface area contributed by atoms with Crippen LogP contribution < -0.4 is 0 Å². The van der Waals surface area contributed by atoms with Gasteiger partial charge in [0.1, 0.15) is 0 Å². The molecule has 1 radical (unpaired) electrons. The predicted molar refractivity (Wildman–Crippen MR) is 61.4 cm³/mol. The zero-order chi connectivity index (χ0) is 10.7. The van der Waals surface area contributed by atoms with E-state index in [4.69, 9.17) is 0 Å². The van der Waals surface area contributed by atoms with E-state index in [1.807, 2.05) is 24.5 Å². The molecule has 0 N–H and O–H groups in total. The Morgan fingerprint density at radius 1 is 0.933 bits per heavy atom. The van der Waals surface area contributed by atoms with Gasteiger partial charge < -0.3 is 0 Å². The van der Waals surface area contributed by atoms with Crippen molar-refractivity contribution in [1.82, 2.24) is 0 Å². The second-order valence-corrected chi connectivity index (χ2v) is 3.55. The zero-order valence-corrected chi connectivity index (χ0v) is 8.53. The maximum absolute atomic E-state index is 10.4. The molecule has 0 aliphatic heterocycles. The van der Waals surface area contributed by atoms with E-state index in [-0.39, 0.29) is 0 Å². The molecule has 0 spiro atoms. The van der Waals surface area contributed by atoms with E-state index in [1.54, 1.807) is 12.1 Å². The van der Waals surface area contributed by atoms with Crippen molar-refractivity contribution in [2.75, 3.05) is 0 Å². The lowest BCUT2D eigenvalue weighted by Gasteiger charge is -2.02. The van der Waals surface area contributed by atoms with Crippen molar-refractivity contribution >= 4 is 6.29 Å². The Morgan fingerprint density at radius 2 is 1.67 bits per heavy atom. The molecule has 0 unspecified atom stereocenters. The van der Waals surface area contributed by atoms with E-state index < -0.39 is 0 Å². The molecule has 0 amide bonds. The summed E-state index contributed by atoms with van der Waals surface area (Å²) >= 11 is 0. The Bertz CT molecular complexity index is 469. The molecule has 73 valence electrons. The van der Waals surface area contributed by atoms with E-state index in [1.165, 1.54) is 11.1 Å². The fourth-order valence-corrected chi connectivity index (χ4v) is 1.56. The molecule has 0 atom stereocenters. The van der Waals surface area contributed by atoms with E-state index in [9.17, 15) is 4.79 Å². The van der Waals surface area contributed by atoms with Crippen LogP contribution in [0.5, 0.6) is 0 Å². The fraction of sp³-hybridized carbons (Fsp3) is 0.0714. The fourth-order valence-electron chi connectivity index (χ4n) is 1.56.